The predicted molar refractivity (Wildman–Crippen MR) is 95.2 cm³/mol. The van der Waals surface area contributed by atoms with E-state index in [4.69, 9.17) is 0 Å². The zero-order valence-electron chi connectivity index (χ0n) is 13.1. The van der Waals surface area contributed by atoms with E-state index < -0.39 is 11.9 Å². The second kappa shape index (κ2) is 5.60. The Balaban J connectivity index is 1.99. The quantitative estimate of drug-likeness (QED) is 0.746. The Kier molecular flexibility index (Phi) is 3.39. The zero-order valence-corrected chi connectivity index (χ0v) is 13.1. The van der Waals surface area contributed by atoms with E-state index in [0.717, 1.165) is 21.9 Å². The van der Waals surface area contributed by atoms with Gasteiger partial charge in [-0.3, -0.25) is 0 Å². The Morgan fingerprint density at radius 3 is 2.32 bits per heavy atom. The second-order valence-electron chi connectivity index (χ2n) is 6.04. The van der Waals surface area contributed by atoms with Crippen LogP contribution < -0.4 is 0 Å². The summed E-state index contributed by atoms with van der Waals surface area (Å²) in [6, 6.07) is 16.1. The van der Waals surface area contributed by atoms with E-state index in [1.807, 2.05) is 48.6 Å². The number of benzene rings is 3. The molecular formula is C21H14O4. The van der Waals surface area contributed by atoms with E-state index in [9.17, 15) is 19.8 Å². The molecule has 1 aliphatic rings. The highest BCUT2D eigenvalue weighted by Crippen LogP contribution is 2.39. The van der Waals surface area contributed by atoms with E-state index in [2.05, 4.69) is 0 Å². The van der Waals surface area contributed by atoms with E-state index in [-0.39, 0.29) is 17.0 Å². The molecule has 4 nitrogen and oxygen atoms in total. The van der Waals surface area contributed by atoms with Crippen molar-refractivity contribution in [3.05, 3.63) is 88.5 Å². The van der Waals surface area contributed by atoms with Crippen LogP contribution in [0.15, 0.2) is 60.7 Å². The molecule has 0 aliphatic heterocycles. The van der Waals surface area contributed by atoms with E-state index in [1.54, 1.807) is 0 Å². The molecule has 4 rings (SSSR count). The molecule has 2 N–H and O–H groups in total. The van der Waals surface area contributed by atoms with Crippen LogP contribution in [0.3, 0.4) is 0 Å². The summed E-state index contributed by atoms with van der Waals surface area (Å²) in [5, 5.41) is 21.0. The molecule has 4 heteroatoms. The molecule has 0 bridgehead atoms. The Hall–Kier alpha value is -3.40. The first kappa shape index (κ1) is 15.1. The van der Waals surface area contributed by atoms with Gasteiger partial charge in [0.05, 0.1) is 11.1 Å². The van der Waals surface area contributed by atoms with Gasteiger partial charge in [-0.25, -0.2) is 9.59 Å². The van der Waals surface area contributed by atoms with Crippen molar-refractivity contribution < 1.29 is 19.8 Å². The number of allylic oxidation sites excluding steroid dienone is 1. The lowest BCUT2D eigenvalue weighted by atomic mass is 9.80. The monoisotopic (exact) mass is 330 g/mol. The number of carbonyl (C=O) groups is 2. The van der Waals surface area contributed by atoms with Gasteiger partial charge in [-0.1, -0.05) is 48.6 Å². The Morgan fingerprint density at radius 2 is 1.60 bits per heavy atom. The van der Waals surface area contributed by atoms with Gasteiger partial charge in [0, 0.05) is 5.92 Å². The Bertz CT molecular complexity index is 1060. The van der Waals surface area contributed by atoms with Crippen molar-refractivity contribution in [2.24, 2.45) is 0 Å². The Morgan fingerprint density at radius 1 is 0.840 bits per heavy atom. The van der Waals surface area contributed by atoms with Crippen molar-refractivity contribution in [2.45, 2.75) is 5.92 Å². The molecule has 3 aromatic carbocycles. The molecule has 0 spiro atoms. The fourth-order valence-electron chi connectivity index (χ4n) is 3.52. The van der Waals surface area contributed by atoms with Crippen LogP contribution in [0.25, 0.3) is 16.8 Å². The minimum atomic E-state index is -1.07. The van der Waals surface area contributed by atoms with Gasteiger partial charge in [0.15, 0.2) is 0 Å². The lowest BCUT2D eigenvalue weighted by molar-refractivity contribution is 0.0680. The van der Waals surface area contributed by atoms with Crippen LogP contribution in [0, 0.1) is 0 Å². The molecule has 0 saturated heterocycles. The van der Waals surface area contributed by atoms with Crippen molar-refractivity contribution in [1.82, 2.24) is 0 Å². The van der Waals surface area contributed by atoms with Crippen LogP contribution in [0.2, 0.25) is 0 Å². The molecule has 0 radical (unpaired) electrons. The molecule has 0 fully saturated rings. The van der Waals surface area contributed by atoms with Gasteiger partial charge in [-0.2, -0.15) is 0 Å². The maximum Gasteiger partial charge on any atom is 0.335 e. The van der Waals surface area contributed by atoms with Gasteiger partial charge in [-0.15, -0.1) is 0 Å². The number of hydrogen-bond donors (Lipinski definition) is 2. The maximum atomic E-state index is 11.7. The first-order chi connectivity index (χ1) is 12.1. The largest absolute Gasteiger partial charge is 0.478 e. The summed E-state index contributed by atoms with van der Waals surface area (Å²) in [4.78, 5) is 23.0. The summed E-state index contributed by atoms with van der Waals surface area (Å²) < 4.78 is 0. The van der Waals surface area contributed by atoms with Crippen molar-refractivity contribution >= 4 is 28.8 Å². The van der Waals surface area contributed by atoms with Gasteiger partial charge in [-0.05, 0) is 45.7 Å². The molecule has 0 saturated carbocycles. The lowest BCUT2D eigenvalue weighted by Gasteiger charge is -2.23. The summed E-state index contributed by atoms with van der Waals surface area (Å²) in [7, 11) is 0. The van der Waals surface area contributed by atoms with Crippen LogP contribution >= 0.6 is 0 Å². The molecule has 0 aromatic heterocycles. The van der Waals surface area contributed by atoms with Crippen molar-refractivity contribution in [1.29, 1.82) is 0 Å². The zero-order chi connectivity index (χ0) is 17.6. The van der Waals surface area contributed by atoms with E-state index in [0.29, 0.717) is 5.56 Å². The van der Waals surface area contributed by atoms with Crippen LogP contribution in [0.4, 0.5) is 0 Å². The minimum Gasteiger partial charge on any atom is -0.478 e. The third kappa shape index (κ3) is 2.39. The number of hydrogen-bond acceptors (Lipinski definition) is 2. The summed E-state index contributed by atoms with van der Waals surface area (Å²) >= 11 is 0. The standard InChI is InChI=1S/C21H14O4/c22-20(23)14-8-10-17(21(24)25)18(11-14)15-9-7-13-4-1-3-12-5-2-6-16(15)19(12)13/h1-11,15H,(H,22,23)(H,24,25). The van der Waals surface area contributed by atoms with Gasteiger partial charge in [0.2, 0.25) is 0 Å². The highest BCUT2D eigenvalue weighted by Gasteiger charge is 2.24. The third-order valence-electron chi connectivity index (χ3n) is 4.64. The van der Waals surface area contributed by atoms with Gasteiger partial charge in [0.1, 0.15) is 0 Å². The van der Waals surface area contributed by atoms with Crippen LogP contribution in [-0.4, -0.2) is 22.2 Å². The van der Waals surface area contributed by atoms with E-state index in [1.165, 1.54) is 18.2 Å². The molecule has 3 aromatic rings. The predicted octanol–water partition coefficient (Wildman–Crippen LogP) is 4.39. The lowest BCUT2D eigenvalue weighted by Crippen LogP contribution is -2.11. The van der Waals surface area contributed by atoms with Crippen molar-refractivity contribution in [2.75, 3.05) is 0 Å². The SMILES string of the molecule is O=C(O)c1ccc(C(=O)O)c(C2C=Cc3cccc4cccc2c34)c1. The third-order valence-corrected chi connectivity index (χ3v) is 4.64. The average molecular weight is 330 g/mol. The number of aromatic carboxylic acids is 2. The second-order valence-corrected chi connectivity index (χ2v) is 6.04. The summed E-state index contributed by atoms with van der Waals surface area (Å²) in [5.74, 6) is -2.44. The topological polar surface area (TPSA) is 74.6 Å². The fraction of sp³-hybridized carbons (Fsp3) is 0.0476. The van der Waals surface area contributed by atoms with Crippen LogP contribution in [0.5, 0.6) is 0 Å². The first-order valence-corrected chi connectivity index (χ1v) is 7.86. The molecule has 25 heavy (non-hydrogen) atoms. The van der Waals surface area contributed by atoms with Gasteiger partial charge < -0.3 is 10.2 Å². The van der Waals surface area contributed by atoms with Crippen LogP contribution in [0.1, 0.15) is 43.3 Å². The molecule has 0 heterocycles. The molecule has 1 unspecified atom stereocenters. The molecule has 122 valence electrons. The van der Waals surface area contributed by atoms with Crippen molar-refractivity contribution in [3.63, 3.8) is 0 Å². The smallest absolute Gasteiger partial charge is 0.335 e. The van der Waals surface area contributed by atoms with Gasteiger partial charge >= 0.3 is 11.9 Å². The number of carboxylic acid groups (broad SMARTS) is 2. The average Bonchev–Trinajstić information content (AvgIpc) is 2.62. The molecule has 0 amide bonds. The number of rotatable bonds is 3. The summed E-state index contributed by atoms with van der Waals surface area (Å²) in [6.45, 7) is 0. The minimum absolute atomic E-state index is 0.0828. The number of carboxylic acids is 2. The molecule has 1 atom stereocenters. The normalized spacial score (nSPS) is 15.3. The molecule has 1 aliphatic carbocycles. The van der Waals surface area contributed by atoms with Gasteiger partial charge in [0.25, 0.3) is 0 Å². The first-order valence-electron chi connectivity index (χ1n) is 7.86. The van der Waals surface area contributed by atoms with E-state index >= 15 is 0 Å². The highest BCUT2D eigenvalue weighted by atomic mass is 16.4. The summed E-state index contributed by atoms with van der Waals surface area (Å²) in [5.41, 5.74) is 2.76. The summed E-state index contributed by atoms with van der Waals surface area (Å²) in [6.07, 6.45) is 3.91. The van der Waals surface area contributed by atoms with Crippen LogP contribution in [-0.2, 0) is 0 Å². The van der Waals surface area contributed by atoms with Crippen molar-refractivity contribution in [3.8, 4) is 0 Å². The highest BCUT2D eigenvalue weighted by molar-refractivity contribution is 5.98. The fourth-order valence-corrected chi connectivity index (χ4v) is 3.52. The maximum absolute atomic E-state index is 11.7. The Labute approximate surface area is 143 Å². The molecular weight excluding hydrogens is 316 g/mol.